The number of benzene rings is 1. The first-order valence-corrected chi connectivity index (χ1v) is 4.81. The summed E-state index contributed by atoms with van der Waals surface area (Å²) in [5, 5.41) is 2.66. The van der Waals surface area contributed by atoms with Gasteiger partial charge in [-0.05, 0) is 24.3 Å². The lowest BCUT2D eigenvalue weighted by Gasteiger charge is -2.09. The van der Waals surface area contributed by atoms with Gasteiger partial charge in [-0.3, -0.25) is 4.79 Å². The summed E-state index contributed by atoms with van der Waals surface area (Å²) in [6.45, 7) is 0. The highest BCUT2D eigenvalue weighted by atomic mass is 16.5. The van der Waals surface area contributed by atoms with E-state index in [0.717, 1.165) is 5.75 Å². The van der Waals surface area contributed by atoms with Crippen LogP contribution < -0.4 is 15.8 Å². The Bertz CT molecular complexity index is 392. The van der Waals surface area contributed by atoms with Crippen LogP contribution in [0.5, 0.6) is 5.75 Å². The van der Waals surface area contributed by atoms with Gasteiger partial charge >= 0.3 is 0 Å². The molecule has 1 aromatic rings. The Hall–Kier alpha value is -1.99. The smallest absolute Gasteiger partial charge is 0.242 e. The van der Waals surface area contributed by atoms with E-state index in [4.69, 9.17) is 16.9 Å². The highest BCUT2D eigenvalue weighted by Gasteiger charge is 2.11. The highest BCUT2D eigenvalue weighted by Crippen LogP contribution is 2.15. The second kappa shape index (κ2) is 5.79. The molecule has 3 N–H and O–H groups in total. The SMILES string of the molecule is C#CCC(N)C(=O)Nc1ccc(OC)cc1. The molecule has 0 spiro atoms. The molecule has 0 heterocycles. The quantitative estimate of drug-likeness (QED) is 0.740. The second-order valence-electron chi connectivity index (χ2n) is 3.23. The maximum Gasteiger partial charge on any atom is 0.242 e. The summed E-state index contributed by atoms with van der Waals surface area (Å²) in [7, 11) is 1.58. The summed E-state index contributed by atoms with van der Waals surface area (Å²) in [4.78, 5) is 11.5. The van der Waals surface area contributed by atoms with Crippen molar-refractivity contribution in [3.05, 3.63) is 24.3 Å². The average Bonchev–Trinajstić information content (AvgIpc) is 2.30. The van der Waals surface area contributed by atoms with E-state index in [9.17, 15) is 4.79 Å². The van der Waals surface area contributed by atoms with Crippen LogP contribution in [0, 0.1) is 12.3 Å². The van der Waals surface area contributed by atoms with E-state index in [2.05, 4.69) is 11.2 Å². The Morgan fingerprint density at radius 1 is 1.56 bits per heavy atom. The Labute approximate surface area is 94.8 Å². The van der Waals surface area contributed by atoms with Gasteiger partial charge in [0, 0.05) is 12.1 Å². The van der Waals surface area contributed by atoms with Crippen LogP contribution in [-0.4, -0.2) is 19.1 Å². The number of methoxy groups -OCH3 is 1. The van der Waals surface area contributed by atoms with E-state index in [1.165, 1.54) is 0 Å². The van der Waals surface area contributed by atoms with Crippen LogP contribution in [0.2, 0.25) is 0 Å². The van der Waals surface area contributed by atoms with E-state index in [1.54, 1.807) is 31.4 Å². The molecule has 0 saturated carbocycles. The molecule has 1 amide bonds. The third kappa shape index (κ3) is 3.30. The lowest BCUT2D eigenvalue weighted by Crippen LogP contribution is -2.35. The van der Waals surface area contributed by atoms with Gasteiger partial charge in [-0.2, -0.15) is 0 Å². The first kappa shape index (κ1) is 12.1. The lowest BCUT2D eigenvalue weighted by atomic mass is 10.2. The third-order valence-electron chi connectivity index (χ3n) is 2.03. The molecule has 0 aliphatic carbocycles. The number of terminal acetylenes is 1. The van der Waals surface area contributed by atoms with Gasteiger partial charge in [-0.1, -0.05) is 0 Å². The Balaban J connectivity index is 2.59. The summed E-state index contributed by atoms with van der Waals surface area (Å²) >= 11 is 0. The Kier molecular flexibility index (Phi) is 4.37. The molecular weight excluding hydrogens is 204 g/mol. The van der Waals surface area contributed by atoms with Crippen molar-refractivity contribution in [1.82, 2.24) is 0 Å². The van der Waals surface area contributed by atoms with Crippen LogP contribution >= 0.6 is 0 Å². The van der Waals surface area contributed by atoms with Crippen molar-refractivity contribution < 1.29 is 9.53 Å². The Morgan fingerprint density at radius 2 is 2.19 bits per heavy atom. The standard InChI is InChI=1S/C12H14N2O2/c1-3-4-11(13)12(15)14-9-5-7-10(16-2)8-6-9/h1,5-8,11H,4,13H2,2H3,(H,14,15). The minimum absolute atomic E-state index is 0.224. The van der Waals surface area contributed by atoms with Gasteiger partial charge in [-0.25, -0.2) is 0 Å². The molecule has 1 atom stereocenters. The van der Waals surface area contributed by atoms with Crippen molar-refractivity contribution in [3.8, 4) is 18.1 Å². The van der Waals surface area contributed by atoms with Gasteiger partial charge in [0.25, 0.3) is 0 Å². The zero-order valence-electron chi connectivity index (χ0n) is 9.07. The predicted molar refractivity (Wildman–Crippen MR) is 63.0 cm³/mol. The summed E-state index contributed by atoms with van der Waals surface area (Å²) < 4.78 is 5.00. The molecular formula is C12H14N2O2. The fraction of sp³-hybridized carbons (Fsp3) is 0.250. The van der Waals surface area contributed by atoms with Crippen LogP contribution in [0.25, 0.3) is 0 Å². The van der Waals surface area contributed by atoms with Gasteiger partial charge in [0.2, 0.25) is 5.91 Å². The molecule has 4 heteroatoms. The van der Waals surface area contributed by atoms with Crippen LogP contribution in [0.4, 0.5) is 5.69 Å². The normalized spacial score (nSPS) is 11.3. The molecule has 0 radical (unpaired) electrons. The molecule has 1 unspecified atom stereocenters. The largest absolute Gasteiger partial charge is 0.497 e. The number of nitrogens with one attached hydrogen (secondary N) is 1. The zero-order chi connectivity index (χ0) is 12.0. The first-order valence-electron chi connectivity index (χ1n) is 4.81. The number of amides is 1. The molecule has 0 saturated heterocycles. The summed E-state index contributed by atoms with van der Waals surface area (Å²) in [6.07, 6.45) is 5.30. The number of anilines is 1. The minimum atomic E-state index is -0.674. The predicted octanol–water partition coefficient (Wildman–Crippen LogP) is 0.984. The average molecular weight is 218 g/mol. The van der Waals surface area contributed by atoms with Gasteiger partial charge in [-0.15, -0.1) is 12.3 Å². The monoisotopic (exact) mass is 218 g/mol. The van der Waals surface area contributed by atoms with Crippen molar-refractivity contribution in [2.24, 2.45) is 5.73 Å². The summed E-state index contributed by atoms with van der Waals surface area (Å²) in [6, 6.07) is 6.30. The maximum absolute atomic E-state index is 11.5. The maximum atomic E-state index is 11.5. The van der Waals surface area contributed by atoms with Crippen molar-refractivity contribution >= 4 is 11.6 Å². The van der Waals surface area contributed by atoms with Crippen molar-refractivity contribution in [2.45, 2.75) is 12.5 Å². The van der Waals surface area contributed by atoms with E-state index < -0.39 is 6.04 Å². The third-order valence-corrected chi connectivity index (χ3v) is 2.03. The van der Waals surface area contributed by atoms with Crippen LogP contribution in [0.15, 0.2) is 24.3 Å². The van der Waals surface area contributed by atoms with E-state index >= 15 is 0 Å². The van der Waals surface area contributed by atoms with Gasteiger partial charge in [0.15, 0.2) is 0 Å². The molecule has 0 fully saturated rings. The second-order valence-corrected chi connectivity index (χ2v) is 3.23. The van der Waals surface area contributed by atoms with Crippen molar-refractivity contribution in [2.75, 3.05) is 12.4 Å². The highest BCUT2D eigenvalue weighted by molar-refractivity contribution is 5.94. The van der Waals surface area contributed by atoms with Crippen LogP contribution in [0.3, 0.4) is 0 Å². The molecule has 1 aromatic carbocycles. The summed E-state index contributed by atoms with van der Waals surface area (Å²) in [5.41, 5.74) is 6.22. The number of hydrogen-bond donors (Lipinski definition) is 2. The molecule has 0 aliphatic heterocycles. The number of ether oxygens (including phenoxy) is 1. The fourth-order valence-electron chi connectivity index (χ4n) is 1.13. The van der Waals surface area contributed by atoms with E-state index in [-0.39, 0.29) is 12.3 Å². The number of nitrogens with two attached hydrogens (primary N) is 1. The van der Waals surface area contributed by atoms with E-state index in [1.807, 2.05) is 0 Å². The van der Waals surface area contributed by atoms with E-state index in [0.29, 0.717) is 5.69 Å². The van der Waals surface area contributed by atoms with Gasteiger partial charge in [0.1, 0.15) is 5.75 Å². The number of hydrogen-bond acceptors (Lipinski definition) is 3. The van der Waals surface area contributed by atoms with Gasteiger partial charge in [0.05, 0.1) is 13.2 Å². The van der Waals surface area contributed by atoms with Crippen molar-refractivity contribution in [1.29, 1.82) is 0 Å². The fourth-order valence-corrected chi connectivity index (χ4v) is 1.13. The van der Waals surface area contributed by atoms with Crippen LogP contribution in [0.1, 0.15) is 6.42 Å². The number of rotatable bonds is 4. The number of carbonyl (C=O) groups is 1. The molecule has 16 heavy (non-hydrogen) atoms. The molecule has 1 rings (SSSR count). The van der Waals surface area contributed by atoms with Crippen LogP contribution in [-0.2, 0) is 4.79 Å². The topological polar surface area (TPSA) is 64.4 Å². The molecule has 0 bridgehead atoms. The molecule has 0 aromatic heterocycles. The van der Waals surface area contributed by atoms with Gasteiger partial charge < -0.3 is 15.8 Å². The number of carbonyl (C=O) groups excluding carboxylic acids is 1. The lowest BCUT2D eigenvalue weighted by molar-refractivity contribution is -0.117. The molecule has 0 aliphatic rings. The Morgan fingerprint density at radius 3 is 2.69 bits per heavy atom. The minimum Gasteiger partial charge on any atom is -0.497 e. The molecule has 4 nitrogen and oxygen atoms in total. The van der Waals surface area contributed by atoms with Crippen molar-refractivity contribution in [3.63, 3.8) is 0 Å². The molecule has 84 valence electrons. The zero-order valence-corrected chi connectivity index (χ0v) is 9.07. The summed E-state index contributed by atoms with van der Waals surface area (Å²) in [5.74, 6) is 2.79. The first-order chi connectivity index (χ1) is 7.67.